The maximum Gasteiger partial charge on any atom is 0.333 e. The summed E-state index contributed by atoms with van der Waals surface area (Å²) in [5.74, 6) is -0.754. The number of hydrogen-bond donors (Lipinski definition) is 1. The molecular weight excluding hydrogens is 357 g/mol. The number of rotatable bonds is 4. The number of carbonyl (C=O) groups excluding carboxylic acids is 1. The van der Waals surface area contributed by atoms with Gasteiger partial charge in [-0.3, -0.25) is 0 Å². The molecule has 1 heterocycles. The molecule has 1 aromatic heterocycles. The van der Waals surface area contributed by atoms with E-state index in [0.29, 0.717) is 5.69 Å². The third-order valence-electron chi connectivity index (χ3n) is 2.95. The predicted octanol–water partition coefficient (Wildman–Crippen LogP) is 4.59. The maximum atomic E-state index is 13.5. The summed E-state index contributed by atoms with van der Waals surface area (Å²) >= 11 is 4.92. The molecule has 21 heavy (non-hydrogen) atoms. The van der Waals surface area contributed by atoms with Crippen molar-refractivity contribution in [3.05, 3.63) is 49.9 Å². The van der Waals surface area contributed by atoms with Crippen molar-refractivity contribution in [3.8, 4) is 0 Å². The molecule has 2 rings (SSSR count). The van der Waals surface area contributed by atoms with Crippen molar-refractivity contribution in [1.29, 1.82) is 0 Å². The molecule has 6 heteroatoms. The summed E-state index contributed by atoms with van der Waals surface area (Å²) in [6.07, 6.45) is 0. The topological polar surface area (TPSA) is 38.3 Å². The lowest BCUT2D eigenvalue weighted by Crippen LogP contribution is -2.21. The molecule has 3 nitrogen and oxygen atoms in total. The smallest absolute Gasteiger partial charge is 0.333 e. The van der Waals surface area contributed by atoms with Gasteiger partial charge in [-0.25, -0.2) is 9.18 Å². The first-order chi connectivity index (χ1) is 9.90. The lowest BCUT2D eigenvalue weighted by Gasteiger charge is -2.17. The van der Waals surface area contributed by atoms with Crippen LogP contribution in [0.2, 0.25) is 0 Å². The zero-order valence-electron chi connectivity index (χ0n) is 11.9. The van der Waals surface area contributed by atoms with E-state index in [0.717, 1.165) is 19.8 Å². The number of methoxy groups -OCH3 is 1. The molecule has 2 aromatic rings. The third-order valence-corrected chi connectivity index (χ3v) is 5.15. The van der Waals surface area contributed by atoms with E-state index in [4.69, 9.17) is 4.74 Å². The highest BCUT2D eigenvalue weighted by molar-refractivity contribution is 9.10. The molecule has 0 amide bonds. The fourth-order valence-electron chi connectivity index (χ4n) is 1.97. The Morgan fingerprint density at radius 1 is 1.33 bits per heavy atom. The number of nitrogens with one attached hydrogen (secondary N) is 1. The van der Waals surface area contributed by atoms with Crippen LogP contribution in [0.15, 0.2) is 28.7 Å². The van der Waals surface area contributed by atoms with Gasteiger partial charge in [0, 0.05) is 19.9 Å². The van der Waals surface area contributed by atoms with E-state index in [1.54, 1.807) is 13.0 Å². The van der Waals surface area contributed by atoms with E-state index in [9.17, 15) is 9.18 Å². The van der Waals surface area contributed by atoms with Crippen molar-refractivity contribution < 1.29 is 13.9 Å². The lowest BCUT2D eigenvalue weighted by molar-refractivity contribution is -0.141. The van der Waals surface area contributed by atoms with Crippen LogP contribution in [0.1, 0.15) is 21.4 Å². The Bertz CT molecular complexity index is 632. The summed E-state index contributed by atoms with van der Waals surface area (Å²) in [4.78, 5) is 13.9. The standard InChI is InChI=1S/C15H15BrFNO2S/c1-8-4-10(17)6-11(5-8)18-14(15(19)20-3)13-7-12(16)9(2)21-13/h4-7,14,18H,1-3H3. The van der Waals surface area contributed by atoms with Gasteiger partial charge in [0.1, 0.15) is 5.82 Å². The van der Waals surface area contributed by atoms with E-state index in [-0.39, 0.29) is 5.82 Å². The lowest BCUT2D eigenvalue weighted by atomic mass is 10.1. The fourth-order valence-corrected chi connectivity index (χ4v) is 3.57. The fraction of sp³-hybridized carbons (Fsp3) is 0.267. The largest absolute Gasteiger partial charge is 0.467 e. The number of anilines is 1. The molecule has 1 aromatic carbocycles. The zero-order chi connectivity index (χ0) is 15.6. The number of benzene rings is 1. The Kier molecular flexibility index (Phi) is 5.00. The van der Waals surface area contributed by atoms with E-state index in [2.05, 4.69) is 21.2 Å². The number of carbonyl (C=O) groups is 1. The van der Waals surface area contributed by atoms with Gasteiger partial charge in [0.05, 0.1) is 7.11 Å². The van der Waals surface area contributed by atoms with Crippen LogP contribution < -0.4 is 5.32 Å². The van der Waals surface area contributed by atoms with Gasteiger partial charge < -0.3 is 10.1 Å². The van der Waals surface area contributed by atoms with Gasteiger partial charge in [-0.2, -0.15) is 0 Å². The van der Waals surface area contributed by atoms with Gasteiger partial charge in [0.15, 0.2) is 6.04 Å². The van der Waals surface area contributed by atoms with Gasteiger partial charge in [0.25, 0.3) is 0 Å². The van der Waals surface area contributed by atoms with E-state index in [1.165, 1.54) is 30.6 Å². The van der Waals surface area contributed by atoms with Crippen LogP contribution in [0.3, 0.4) is 0 Å². The van der Waals surface area contributed by atoms with Crippen molar-refractivity contribution in [2.24, 2.45) is 0 Å². The highest BCUT2D eigenvalue weighted by atomic mass is 79.9. The number of halogens is 2. The van der Waals surface area contributed by atoms with Crippen LogP contribution in [-0.4, -0.2) is 13.1 Å². The van der Waals surface area contributed by atoms with Crippen molar-refractivity contribution >= 4 is 38.9 Å². The maximum absolute atomic E-state index is 13.5. The quantitative estimate of drug-likeness (QED) is 0.798. The highest BCUT2D eigenvalue weighted by Crippen LogP contribution is 2.33. The van der Waals surface area contributed by atoms with Crippen LogP contribution in [0.4, 0.5) is 10.1 Å². The molecule has 1 atom stereocenters. The normalized spacial score (nSPS) is 12.0. The summed E-state index contributed by atoms with van der Waals surface area (Å²) < 4.78 is 19.3. The number of thiophene rings is 1. The molecule has 0 aliphatic rings. The molecule has 1 unspecified atom stereocenters. The van der Waals surface area contributed by atoms with E-state index in [1.807, 2.05) is 13.0 Å². The average Bonchev–Trinajstić information content (AvgIpc) is 2.74. The van der Waals surface area contributed by atoms with Crippen LogP contribution in [0.5, 0.6) is 0 Å². The first-order valence-corrected chi connectivity index (χ1v) is 7.89. The molecule has 112 valence electrons. The summed E-state index contributed by atoms with van der Waals surface area (Å²) in [6, 6.07) is 5.80. The van der Waals surface area contributed by atoms with Crippen molar-refractivity contribution in [3.63, 3.8) is 0 Å². The van der Waals surface area contributed by atoms with Crippen molar-refractivity contribution in [1.82, 2.24) is 0 Å². The Labute approximate surface area is 135 Å². The summed E-state index contributed by atoms with van der Waals surface area (Å²) in [7, 11) is 1.34. The molecule has 0 spiro atoms. The average molecular weight is 372 g/mol. The molecule has 0 radical (unpaired) electrons. The van der Waals surface area contributed by atoms with Gasteiger partial charge in [-0.1, -0.05) is 0 Å². The second-order valence-corrected chi connectivity index (χ2v) is 6.81. The van der Waals surface area contributed by atoms with Crippen LogP contribution in [0, 0.1) is 19.7 Å². The molecule has 1 N–H and O–H groups in total. The van der Waals surface area contributed by atoms with Crippen LogP contribution >= 0.6 is 27.3 Å². The molecule has 0 aliphatic carbocycles. The second kappa shape index (κ2) is 6.58. The van der Waals surface area contributed by atoms with E-state index >= 15 is 0 Å². The van der Waals surface area contributed by atoms with Crippen LogP contribution in [0.25, 0.3) is 0 Å². The predicted molar refractivity (Wildman–Crippen MR) is 86.3 cm³/mol. The summed E-state index contributed by atoms with van der Waals surface area (Å²) in [5.41, 5.74) is 1.33. The molecule has 0 aliphatic heterocycles. The Hall–Kier alpha value is -1.40. The number of esters is 1. The molecule has 0 bridgehead atoms. The number of aryl methyl sites for hydroxylation is 2. The van der Waals surface area contributed by atoms with Gasteiger partial charge >= 0.3 is 5.97 Å². The Balaban J connectivity index is 2.34. The van der Waals surface area contributed by atoms with Crippen LogP contribution in [-0.2, 0) is 9.53 Å². The summed E-state index contributed by atoms with van der Waals surface area (Å²) in [5, 5.41) is 3.04. The third kappa shape index (κ3) is 3.83. The number of hydrogen-bond acceptors (Lipinski definition) is 4. The molecular formula is C15H15BrFNO2S. The first kappa shape index (κ1) is 16.0. The van der Waals surface area contributed by atoms with E-state index < -0.39 is 12.0 Å². The summed E-state index contributed by atoms with van der Waals surface area (Å²) in [6.45, 7) is 3.76. The van der Waals surface area contributed by atoms with Gasteiger partial charge in [-0.05, 0) is 59.6 Å². The monoisotopic (exact) mass is 371 g/mol. The minimum atomic E-state index is -0.661. The zero-order valence-corrected chi connectivity index (χ0v) is 14.3. The van der Waals surface area contributed by atoms with Crippen molar-refractivity contribution in [2.75, 3.05) is 12.4 Å². The SMILES string of the molecule is COC(=O)C(Nc1cc(C)cc(F)c1)c1cc(Br)c(C)s1. The minimum Gasteiger partial charge on any atom is -0.467 e. The molecule has 0 saturated heterocycles. The van der Waals surface area contributed by atoms with Gasteiger partial charge in [-0.15, -0.1) is 11.3 Å². The van der Waals surface area contributed by atoms with Crippen molar-refractivity contribution in [2.45, 2.75) is 19.9 Å². The second-order valence-electron chi connectivity index (χ2n) is 4.67. The molecule has 0 saturated carbocycles. The number of ether oxygens (including phenoxy) is 1. The first-order valence-electron chi connectivity index (χ1n) is 6.28. The Morgan fingerprint density at radius 2 is 2.05 bits per heavy atom. The minimum absolute atomic E-state index is 0.343. The van der Waals surface area contributed by atoms with Gasteiger partial charge in [0.2, 0.25) is 0 Å². The highest BCUT2D eigenvalue weighted by Gasteiger charge is 2.24. The molecule has 0 fully saturated rings. The Morgan fingerprint density at radius 3 is 2.57 bits per heavy atom.